The summed E-state index contributed by atoms with van der Waals surface area (Å²) in [5.74, 6) is -1.67. The normalized spacial score (nSPS) is 35.1. The number of carbonyl (C=O) groups is 2. The molecular weight excluding hydrogens is 218 g/mol. The van der Waals surface area contributed by atoms with Crippen LogP contribution in [0, 0.1) is 17.3 Å². The van der Waals surface area contributed by atoms with Gasteiger partial charge in [0.15, 0.2) is 0 Å². The minimum Gasteiger partial charge on any atom is -0.481 e. The van der Waals surface area contributed by atoms with Gasteiger partial charge in [-0.3, -0.25) is 9.59 Å². The average molecular weight is 239 g/mol. The van der Waals surface area contributed by atoms with Crippen LogP contribution in [0.15, 0.2) is 0 Å². The van der Waals surface area contributed by atoms with Crippen molar-refractivity contribution < 1.29 is 14.7 Å². The third-order valence-electron chi connectivity index (χ3n) is 4.25. The number of hydrogen-bond acceptors (Lipinski definition) is 2. The van der Waals surface area contributed by atoms with Crippen LogP contribution in [0.25, 0.3) is 0 Å². The zero-order chi connectivity index (χ0) is 12.6. The Kier molecular flexibility index (Phi) is 3.15. The number of nitrogens with one attached hydrogen (secondary N) is 1. The summed E-state index contributed by atoms with van der Waals surface area (Å²) in [6.07, 6.45) is 4.26. The number of aliphatic carboxylic acids is 1. The van der Waals surface area contributed by atoms with E-state index < -0.39 is 11.9 Å². The fourth-order valence-electron chi connectivity index (χ4n) is 2.73. The van der Waals surface area contributed by atoms with Crippen LogP contribution >= 0.6 is 0 Å². The Morgan fingerprint density at radius 1 is 1.18 bits per heavy atom. The maximum atomic E-state index is 12.1. The van der Waals surface area contributed by atoms with Gasteiger partial charge in [0.2, 0.25) is 5.91 Å². The standard InChI is InChI=1S/C13H21NO3/c1-13(2)7-10(13)14-11(15)8-5-3-4-6-9(8)12(16)17/h8-10H,3-7H2,1-2H3,(H,14,15)(H,16,17)/t8-,9+,10?/m1/s1. The molecule has 0 aromatic heterocycles. The second-order valence-electron chi connectivity index (χ2n) is 6.09. The molecule has 2 saturated carbocycles. The van der Waals surface area contributed by atoms with E-state index in [0.717, 1.165) is 25.7 Å². The highest BCUT2D eigenvalue weighted by Crippen LogP contribution is 2.45. The lowest BCUT2D eigenvalue weighted by Gasteiger charge is -2.27. The number of carboxylic acid groups (broad SMARTS) is 1. The van der Waals surface area contributed by atoms with Crippen LogP contribution in [0.1, 0.15) is 46.0 Å². The van der Waals surface area contributed by atoms with Gasteiger partial charge in [-0.1, -0.05) is 26.7 Å². The molecule has 2 aliphatic rings. The summed E-state index contributed by atoms with van der Waals surface area (Å²) in [4.78, 5) is 23.2. The Balaban J connectivity index is 1.95. The van der Waals surface area contributed by atoms with Crippen LogP contribution in [0.5, 0.6) is 0 Å². The largest absolute Gasteiger partial charge is 0.481 e. The van der Waals surface area contributed by atoms with E-state index in [0.29, 0.717) is 6.42 Å². The van der Waals surface area contributed by atoms with Crippen molar-refractivity contribution >= 4 is 11.9 Å². The first-order valence-electron chi connectivity index (χ1n) is 6.45. The van der Waals surface area contributed by atoms with E-state index in [1.807, 2.05) is 0 Å². The SMILES string of the molecule is CC1(C)CC1NC(=O)[C@@H]1CCCC[C@@H]1C(=O)O. The molecule has 4 nitrogen and oxygen atoms in total. The van der Waals surface area contributed by atoms with Crippen LogP contribution in [0.2, 0.25) is 0 Å². The molecule has 0 radical (unpaired) electrons. The van der Waals surface area contributed by atoms with Crippen molar-refractivity contribution in [2.75, 3.05) is 0 Å². The van der Waals surface area contributed by atoms with Crippen LogP contribution in [-0.4, -0.2) is 23.0 Å². The van der Waals surface area contributed by atoms with E-state index in [4.69, 9.17) is 5.11 Å². The molecule has 96 valence electrons. The molecule has 2 aliphatic carbocycles. The van der Waals surface area contributed by atoms with Gasteiger partial charge in [-0.2, -0.15) is 0 Å². The molecule has 0 aliphatic heterocycles. The van der Waals surface area contributed by atoms with Crippen LogP contribution < -0.4 is 5.32 Å². The van der Waals surface area contributed by atoms with Crippen LogP contribution in [-0.2, 0) is 9.59 Å². The van der Waals surface area contributed by atoms with E-state index in [2.05, 4.69) is 19.2 Å². The lowest BCUT2D eigenvalue weighted by Crippen LogP contribution is -2.41. The molecule has 4 heteroatoms. The highest BCUT2D eigenvalue weighted by Gasteiger charge is 2.48. The third kappa shape index (κ3) is 2.61. The van der Waals surface area contributed by atoms with Gasteiger partial charge < -0.3 is 10.4 Å². The Morgan fingerprint density at radius 2 is 1.71 bits per heavy atom. The lowest BCUT2D eigenvalue weighted by molar-refractivity contribution is -0.149. The third-order valence-corrected chi connectivity index (χ3v) is 4.25. The van der Waals surface area contributed by atoms with E-state index in [1.54, 1.807) is 0 Å². The van der Waals surface area contributed by atoms with Crippen molar-refractivity contribution in [1.29, 1.82) is 0 Å². The van der Waals surface area contributed by atoms with Gasteiger partial charge in [0.25, 0.3) is 0 Å². The number of carboxylic acids is 1. The van der Waals surface area contributed by atoms with Gasteiger partial charge in [0.1, 0.15) is 0 Å². The molecule has 0 saturated heterocycles. The summed E-state index contributed by atoms with van der Waals surface area (Å²) in [6.45, 7) is 4.24. The Labute approximate surface area is 102 Å². The summed E-state index contributed by atoms with van der Waals surface area (Å²) in [5.41, 5.74) is 0.197. The average Bonchev–Trinajstić information content (AvgIpc) is 2.85. The summed E-state index contributed by atoms with van der Waals surface area (Å²) >= 11 is 0. The van der Waals surface area contributed by atoms with Crippen molar-refractivity contribution in [3.05, 3.63) is 0 Å². The molecule has 2 fully saturated rings. The number of carbonyl (C=O) groups excluding carboxylic acids is 1. The predicted molar refractivity (Wildman–Crippen MR) is 63.4 cm³/mol. The second-order valence-corrected chi connectivity index (χ2v) is 6.09. The van der Waals surface area contributed by atoms with Crippen molar-refractivity contribution in [3.63, 3.8) is 0 Å². The van der Waals surface area contributed by atoms with Gasteiger partial charge >= 0.3 is 5.97 Å². The molecule has 3 atom stereocenters. The molecular formula is C13H21NO3. The first-order valence-corrected chi connectivity index (χ1v) is 6.45. The molecule has 0 heterocycles. The summed E-state index contributed by atoms with van der Waals surface area (Å²) in [7, 11) is 0. The van der Waals surface area contributed by atoms with Gasteiger partial charge in [-0.05, 0) is 24.7 Å². The first kappa shape index (κ1) is 12.4. The summed E-state index contributed by atoms with van der Waals surface area (Å²) < 4.78 is 0. The Bertz CT molecular complexity index is 338. The van der Waals surface area contributed by atoms with E-state index in [1.165, 1.54) is 0 Å². The molecule has 2 rings (SSSR count). The number of amides is 1. The molecule has 0 aromatic rings. The van der Waals surface area contributed by atoms with Gasteiger partial charge in [-0.15, -0.1) is 0 Å². The smallest absolute Gasteiger partial charge is 0.307 e. The van der Waals surface area contributed by atoms with Crippen LogP contribution in [0.3, 0.4) is 0 Å². The highest BCUT2D eigenvalue weighted by atomic mass is 16.4. The summed E-state index contributed by atoms with van der Waals surface area (Å²) in [6, 6.07) is 0.242. The minimum atomic E-state index is -0.820. The molecule has 2 N–H and O–H groups in total. The molecule has 0 bridgehead atoms. The number of rotatable bonds is 3. The summed E-state index contributed by atoms with van der Waals surface area (Å²) in [5, 5.41) is 12.1. The maximum Gasteiger partial charge on any atom is 0.307 e. The van der Waals surface area contributed by atoms with Gasteiger partial charge in [0, 0.05) is 6.04 Å². The quantitative estimate of drug-likeness (QED) is 0.789. The van der Waals surface area contributed by atoms with E-state index in [-0.39, 0.29) is 23.3 Å². The fraction of sp³-hybridized carbons (Fsp3) is 0.846. The lowest BCUT2D eigenvalue weighted by atomic mass is 9.78. The molecule has 0 spiro atoms. The topological polar surface area (TPSA) is 66.4 Å². The van der Waals surface area contributed by atoms with Crippen molar-refractivity contribution in [1.82, 2.24) is 5.32 Å². The molecule has 1 unspecified atom stereocenters. The van der Waals surface area contributed by atoms with E-state index >= 15 is 0 Å². The minimum absolute atomic E-state index is 0.0484. The van der Waals surface area contributed by atoms with Gasteiger partial charge in [0.05, 0.1) is 11.8 Å². The Hall–Kier alpha value is -1.06. The predicted octanol–water partition coefficient (Wildman–Crippen LogP) is 1.79. The number of hydrogen-bond donors (Lipinski definition) is 2. The zero-order valence-electron chi connectivity index (χ0n) is 10.5. The molecule has 0 aromatic carbocycles. The monoisotopic (exact) mass is 239 g/mol. The van der Waals surface area contributed by atoms with Crippen molar-refractivity contribution in [2.45, 2.75) is 52.0 Å². The highest BCUT2D eigenvalue weighted by molar-refractivity contribution is 5.85. The van der Waals surface area contributed by atoms with E-state index in [9.17, 15) is 9.59 Å². The zero-order valence-corrected chi connectivity index (χ0v) is 10.5. The first-order chi connectivity index (χ1) is 7.92. The Morgan fingerprint density at radius 3 is 2.18 bits per heavy atom. The van der Waals surface area contributed by atoms with Crippen molar-refractivity contribution in [3.8, 4) is 0 Å². The maximum absolute atomic E-state index is 12.1. The van der Waals surface area contributed by atoms with Gasteiger partial charge in [-0.25, -0.2) is 0 Å². The van der Waals surface area contributed by atoms with Crippen molar-refractivity contribution in [2.24, 2.45) is 17.3 Å². The van der Waals surface area contributed by atoms with Crippen LogP contribution in [0.4, 0.5) is 0 Å². The molecule has 1 amide bonds. The molecule has 17 heavy (non-hydrogen) atoms. The second kappa shape index (κ2) is 4.31. The fourth-order valence-corrected chi connectivity index (χ4v) is 2.73.